The molecule has 174 valence electrons. The first-order chi connectivity index (χ1) is 15.2. The zero-order chi connectivity index (χ0) is 23.4. The molecule has 32 heavy (non-hydrogen) atoms. The van der Waals surface area contributed by atoms with Crippen molar-refractivity contribution >= 4 is 6.08 Å². The van der Waals surface area contributed by atoms with E-state index in [-0.39, 0.29) is 24.0 Å². The van der Waals surface area contributed by atoms with E-state index < -0.39 is 6.10 Å². The van der Waals surface area contributed by atoms with Gasteiger partial charge in [0.15, 0.2) is 0 Å². The quantitative estimate of drug-likeness (QED) is 0.487. The van der Waals surface area contributed by atoms with Crippen LogP contribution < -0.4 is 0 Å². The minimum atomic E-state index is -0.469. The SMILES string of the molecule is Cc1cc(C2(CCc3ccc(CO)c(CO)c3)CCCC2)ccc1C=CC(O)C(C)(C)C. The summed E-state index contributed by atoms with van der Waals surface area (Å²) in [5, 5.41) is 29.4. The van der Waals surface area contributed by atoms with Crippen LogP contribution in [0.25, 0.3) is 6.08 Å². The Hall–Kier alpha value is -1.94. The van der Waals surface area contributed by atoms with Crippen LogP contribution in [0.2, 0.25) is 0 Å². The molecule has 0 aromatic heterocycles. The number of benzene rings is 2. The molecule has 1 atom stereocenters. The third-order valence-electron chi connectivity index (χ3n) is 7.29. The second-order valence-corrected chi connectivity index (χ2v) is 10.6. The van der Waals surface area contributed by atoms with Crippen LogP contribution in [0.3, 0.4) is 0 Å². The second-order valence-electron chi connectivity index (χ2n) is 10.6. The van der Waals surface area contributed by atoms with Crippen LogP contribution in [-0.4, -0.2) is 21.4 Å². The average molecular weight is 437 g/mol. The fourth-order valence-corrected chi connectivity index (χ4v) is 4.93. The van der Waals surface area contributed by atoms with Gasteiger partial charge in [0, 0.05) is 0 Å². The first kappa shape index (κ1) is 24.7. The Kier molecular flexibility index (Phi) is 7.97. The molecule has 0 radical (unpaired) electrons. The smallest absolute Gasteiger partial charge is 0.0772 e. The molecule has 1 fully saturated rings. The predicted molar refractivity (Wildman–Crippen MR) is 132 cm³/mol. The predicted octanol–water partition coefficient (Wildman–Crippen LogP) is 5.84. The van der Waals surface area contributed by atoms with Crippen molar-refractivity contribution in [3.05, 3.63) is 75.9 Å². The van der Waals surface area contributed by atoms with Crippen LogP contribution in [0.15, 0.2) is 42.5 Å². The van der Waals surface area contributed by atoms with Gasteiger partial charge < -0.3 is 15.3 Å². The normalized spacial score (nSPS) is 17.2. The molecule has 2 aromatic carbocycles. The maximum Gasteiger partial charge on any atom is 0.0772 e. The fourth-order valence-electron chi connectivity index (χ4n) is 4.93. The zero-order valence-corrected chi connectivity index (χ0v) is 20.2. The van der Waals surface area contributed by atoms with Crippen molar-refractivity contribution in [2.45, 2.75) is 91.0 Å². The van der Waals surface area contributed by atoms with Gasteiger partial charge in [-0.3, -0.25) is 0 Å². The number of aryl methyl sites for hydroxylation is 2. The summed E-state index contributed by atoms with van der Waals surface area (Å²) in [6.45, 7) is 8.23. The molecule has 1 aliphatic rings. The fraction of sp³-hybridized carbons (Fsp3) is 0.517. The minimum Gasteiger partial charge on any atom is -0.392 e. The summed E-state index contributed by atoms with van der Waals surface area (Å²) in [6, 6.07) is 12.9. The van der Waals surface area contributed by atoms with Gasteiger partial charge in [0.1, 0.15) is 0 Å². The molecule has 3 nitrogen and oxygen atoms in total. The highest BCUT2D eigenvalue weighted by Crippen LogP contribution is 2.45. The summed E-state index contributed by atoms with van der Waals surface area (Å²) in [7, 11) is 0. The molecule has 0 heterocycles. The average Bonchev–Trinajstić information content (AvgIpc) is 3.26. The van der Waals surface area contributed by atoms with Gasteiger partial charge in [-0.2, -0.15) is 0 Å². The van der Waals surface area contributed by atoms with E-state index in [1.807, 2.05) is 39.0 Å². The van der Waals surface area contributed by atoms with Crippen LogP contribution in [0.4, 0.5) is 0 Å². The Balaban J connectivity index is 1.79. The summed E-state index contributed by atoms with van der Waals surface area (Å²) in [5.41, 5.74) is 6.74. The van der Waals surface area contributed by atoms with E-state index in [2.05, 4.69) is 37.3 Å². The maximum atomic E-state index is 10.3. The monoisotopic (exact) mass is 436 g/mol. The molecule has 0 spiro atoms. The van der Waals surface area contributed by atoms with Gasteiger partial charge in [0.2, 0.25) is 0 Å². The Morgan fingerprint density at radius 1 is 0.969 bits per heavy atom. The molecule has 1 saturated carbocycles. The van der Waals surface area contributed by atoms with Crippen molar-refractivity contribution < 1.29 is 15.3 Å². The molecule has 3 rings (SSSR count). The van der Waals surface area contributed by atoms with Crippen LogP contribution >= 0.6 is 0 Å². The minimum absolute atomic E-state index is 0.0348. The largest absolute Gasteiger partial charge is 0.392 e. The lowest BCUT2D eigenvalue weighted by atomic mass is 9.74. The van der Waals surface area contributed by atoms with Gasteiger partial charge in [0.05, 0.1) is 19.3 Å². The van der Waals surface area contributed by atoms with Gasteiger partial charge in [-0.25, -0.2) is 0 Å². The molecule has 2 aromatic rings. The highest BCUT2D eigenvalue weighted by molar-refractivity contribution is 5.55. The van der Waals surface area contributed by atoms with E-state index in [9.17, 15) is 15.3 Å². The van der Waals surface area contributed by atoms with Crippen molar-refractivity contribution in [3.8, 4) is 0 Å². The molecular formula is C29H40O3. The zero-order valence-electron chi connectivity index (χ0n) is 20.2. The van der Waals surface area contributed by atoms with Crippen molar-refractivity contribution in [2.24, 2.45) is 5.41 Å². The van der Waals surface area contributed by atoms with Gasteiger partial charge in [0.25, 0.3) is 0 Å². The summed E-state index contributed by atoms with van der Waals surface area (Å²) < 4.78 is 0. The van der Waals surface area contributed by atoms with Crippen LogP contribution in [0.5, 0.6) is 0 Å². The first-order valence-electron chi connectivity index (χ1n) is 12.0. The third-order valence-corrected chi connectivity index (χ3v) is 7.29. The van der Waals surface area contributed by atoms with Crippen molar-refractivity contribution in [1.29, 1.82) is 0 Å². The number of hydrogen-bond acceptors (Lipinski definition) is 3. The molecule has 3 N–H and O–H groups in total. The molecule has 0 aliphatic heterocycles. The first-order valence-corrected chi connectivity index (χ1v) is 12.0. The van der Waals surface area contributed by atoms with E-state index in [1.54, 1.807) is 0 Å². The molecule has 3 heteroatoms. The molecule has 1 unspecified atom stereocenters. The topological polar surface area (TPSA) is 60.7 Å². The van der Waals surface area contributed by atoms with Crippen molar-refractivity contribution in [1.82, 2.24) is 0 Å². The molecule has 1 aliphatic carbocycles. The van der Waals surface area contributed by atoms with Gasteiger partial charge in [-0.15, -0.1) is 0 Å². The highest BCUT2D eigenvalue weighted by Gasteiger charge is 2.35. The van der Waals surface area contributed by atoms with E-state index in [4.69, 9.17) is 0 Å². The Labute approximate surface area is 193 Å². The van der Waals surface area contributed by atoms with Gasteiger partial charge in [-0.05, 0) is 76.8 Å². The Morgan fingerprint density at radius 3 is 2.25 bits per heavy atom. The number of aliphatic hydroxyl groups excluding tert-OH is 3. The standard InChI is InChI=1S/C29H40O3/c1-21-17-26(11-9-23(21)10-12-27(32)28(2,3)4)29(14-5-6-15-29)16-13-22-7-8-24(19-30)25(18-22)20-31/h7-12,17-18,27,30-32H,5-6,13-16,19-20H2,1-4H3. The highest BCUT2D eigenvalue weighted by atomic mass is 16.3. The van der Waals surface area contributed by atoms with E-state index in [0.29, 0.717) is 0 Å². The van der Waals surface area contributed by atoms with Crippen molar-refractivity contribution in [3.63, 3.8) is 0 Å². The van der Waals surface area contributed by atoms with Crippen molar-refractivity contribution in [2.75, 3.05) is 0 Å². The molecule has 0 amide bonds. The number of aliphatic hydroxyl groups is 3. The van der Waals surface area contributed by atoms with Gasteiger partial charge in [-0.1, -0.05) is 82.2 Å². The third kappa shape index (κ3) is 5.70. The van der Waals surface area contributed by atoms with Crippen LogP contribution in [0, 0.1) is 12.3 Å². The molecular weight excluding hydrogens is 396 g/mol. The van der Waals surface area contributed by atoms with Gasteiger partial charge >= 0.3 is 0 Å². The molecule has 0 bridgehead atoms. The maximum absolute atomic E-state index is 10.3. The summed E-state index contributed by atoms with van der Waals surface area (Å²) in [5.74, 6) is 0. The molecule has 0 saturated heterocycles. The Bertz CT molecular complexity index is 930. The summed E-state index contributed by atoms with van der Waals surface area (Å²) in [4.78, 5) is 0. The number of hydrogen-bond donors (Lipinski definition) is 3. The lowest BCUT2D eigenvalue weighted by molar-refractivity contribution is 0.106. The lowest BCUT2D eigenvalue weighted by Gasteiger charge is -2.31. The number of rotatable bonds is 8. The van der Waals surface area contributed by atoms with E-state index in [1.165, 1.54) is 42.4 Å². The van der Waals surface area contributed by atoms with Crippen LogP contribution in [0.1, 0.15) is 86.3 Å². The lowest BCUT2D eigenvalue weighted by Crippen LogP contribution is -2.23. The van der Waals surface area contributed by atoms with Crippen LogP contribution in [-0.2, 0) is 25.0 Å². The summed E-state index contributed by atoms with van der Waals surface area (Å²) >= 11 is 0. The Morgan fingerprint density at radius 2 is 1.66 bits per heavy atom. The van der Waals surface area contributed by atoms with E-state index >= 15 is 0 Å². The summed E-state index contributed by atoms with van der Waals surface area (Å²) in [6.07, 6.45) is 10.5. The van der Waals surface area contributed by atoms with E-state index in [0.717, 1.165) is 29.5 Å². The second kappa shape index (κ2) is 10.3.